The van der Waals surface area contributed by atoms with Crippen LogP contribution in [0.5, 0.6) is 5.75 Å². The van der Waals surface area contributed by atoms with Gasteiger partial charge in [-0.3, -0.25) is 4.79 Å². The van der Waals surface area contributed by atoms with Crippen LogP contribution in [0.15, 0.2) is 42.5 Å². The molecule has 3 N–H and O–H groups in total. The highest BCUT2D eigenvalue weighted by Gasteiger charge is 2.17. The normalized spacial score (nSPS) is 10.2. The molecule has 0 aliphatic rings. The minimum absolute atomic E-state index is 0.146. The maximum atomic E-state index is 13.8. The second-order valence-electron chi connectivity index (χ2n) is 4.62. The monoisotopic (exact) mass is 303 g/mol. The highest BCUT2D eigenvalue weighted by atomic mass is 19.1. The second kappa shape index (κ2) is 7.06. The van der Waals surface area contributed by atoms with Gasteiger partial charge in [0, 0.05) is 6.54 Å². The Labute approximate surface area is 127 Å². The molecular formula is C15H15BFNO4. The lowest BCUT2D eigenvalue weighted by atomic mass is 9.80. The number of nitrogens with one attached hydrogen (secondary N) is 1. The van der Waals surface area contributed by atoms with E-state index in [1.165, 1.54) is 37.4 Å². The van der Waals surface area contributed by atoms with Crippen LogP contribution in [0.4, 0.5) is 4.39 Å². The Hall–Kier alpha value is -2.38. The Morgan fingerprint density at radius 1 is 1.23 bits per heavy atom. The number of rotatable bonds is 5. The van der Waals surface area contributed by atoms with Gasteiger partial charge in [0.15, 0.2) is 0 Å². The van der Waals surface area contributed by atoms with Crippen molar-refractivity contribution < 1.29 is 24.0 Å². The number of amides is 1. The fourth-order valence-corrected chi connectivity index (χ4v) is 1.97. The molecule has 0 bridgehead atoms. The predicted octanol–water partition coefficient (Wildman–Crippen LogP) is 0.444. The first-order valence-corrected chi connectivity index (χ1v) is 6.58. The number of carbonyl (C=O) groups is 1. The van der Waals surface area contributed by atoms with E-state index in [1.807, 2.05) is 0 Å². The number of ether oxygens (including phenoxy) is 1. The van der Waals surface area contributed by atoms with Gasteiger partial charge < -0.3 is 20.1 Å². The molecule has 114 valence electrons. The van der Waals surface area contributed by atoms with Crippen LogP contribution < -0.4 is 15.5 Å². The fourth-order valence-electron chi connectivity index (χ4n) is 1.97. The lowest BCUT2D eigenvalue weighted by Crippen LogP contribution is -2.30. The number of hydrogen-bond acceptors (Lipinski definition) is 4. The summed E-state index contributed by atoms with van der Waals surface area (Å²) < 4.78 is 18.7. The summed E-state index contributed by atoms with van der Waals surface area (Å²) in [4.78, 5) is 12.1. The van der Waals surface area contributed by atoms with Gasteiger partial charge in [0.2, 0.25) is 0 Å². The van der Waals surface area contributed by atoms with Gasteiger partial charge in [-0.2, -0.15) is 0 Å². The van der Waals surface area contributed by atoms with E-state index in [-0.39, 0.29) is 17.9 Å². The van der Waals surface area contributed by atoms with E-state index in [0.29, 0.717) is 5.46 Å². The molecule has 0 unspecified atom stereocenters. The van der Waals surface area contributed by atoms with Gasteiger partial charge in [0.25, 0.3) is 5.91 Å². The zero-order valence-corrected chi connectivity index (χ0v) is 11.9. The van der Waals surface area contributed by atoms with Crippen molar-refractivity contribution in [2.75, 3.05) is 7.11 Å². The minimum Gasteiger partial charge on any atom is -0.496 e. The van der Waals surface area contributed by atoms with Crippen molar-refractivity contribution in [3.8, 4) is 5.75 Å². The standard InChI is InChI=1S/C15H15BFNO4/c1-22-13-4-2-3-12(17)14(13)15(19)18-9-10-5-7-11(8-6-10)16(20)21/h2-8,20-21H,9H2,1H3,(H,18,19). The first-order valence-electron chi connectivity index (χ1n) is 6.58. The molecule has 2 rings (SSSR count). The average molecular weight is 303 g/mol. The summed E-state index contributed by atoms with van der Waals surface area (Å²) in [5, 5.41) is 20.6. The maximum absolute atomic E-state index is 13.8. The van der Waals surface area contributed by atoms with E-state index in [2.05, 4.69) is 5.32 Å². The number of methoxy groups -OCH3 is 1. The summed E-state index contributed by atoms with van der Waals surface area (Å²) >= 11 is 0. The van der Waals surface area contributed by atoms with Gasteiger partial charge in [-0.1, -0.05) is 30.3 Å². The number of carbonyl (C=O) groups excluding carboxylic acids is 1. The summed E-state index contributed by atoms with van der Waals surface area (Å²) in [7, 11) is -0.170. The van der Waals surface area contributed by atoms with Crippen LogP contribution in [-0.2, 0) is 6.54 Å². The van der Waals surface area contributed by atoms with Crippen LogP contribution in [0.3, 0.4) is 0 Å². The van der Waals surface area contributed by atoms with Gasteiger partial charge in [-0.25, -0.2) is 4.39 Å². The lowest BCUT2D eigenvalue weighted by molar-refractivity contribution is 0.0943. The Kier molecular flexibility index (Phi) is 5.14. The third-order valence-corrected chi connectivity index (χ3v) is 3.15. The Morgan fingerprint density at radius 3 is 2.50 bits per heavy atom. The van der Waals surface area contributed by atoms with Gasteiger partial charge in [0.05, 0.1) is 7.11 Å². The third-order valence-electron chi connectivity index (χ3n) is 3.15. The van der Waals surface area contributed by atoms with E-state index >= 15 is 0 Å². The van der Waals surface area contributed by atoms with Crippen LogP contribution in [0, 0.1) is 5.82 Å². The summed E-state index contributed by atoms with van der Waals surface area (Å²) in [6.45, 7) is 0.179. The molecule has 0 aromatic heterocycles. The van der Waals surface area contributed by atoms with Crippen molar-refractivity contribution in [3.63, 3.8) is 0 Å². The molecule has 0 aliphatic heterocycles. The topological polar surface area (TPSA) is 78.8 Å². The second-order valence-corrected chi connectivity index (χ2v) is 4.62. The van der Waals surface area contributed by atoms with Gasteiger partial charge in [0.1, 0.15) is 17.1 Å². The Morgan fingerprint density at radius 2 is 1.91 bits per heavy atom. The van der Waals surface area contributed by atoms with Crippen LogP contribution in [0.2, 0.25) is 0 Å². The molecule has 0 saturated carbocycles. The van der Waals surface area contributed by atoms with Gasteiger partial charge in [-0.05, 0) is 23.2 Å². The van der Waals surface area contributed by atoms with Crippen molar-refractivity contribution in [2.45, 2.75) is 6.54 Å². The molecule has 0 atom stereocenters. The summed E-state index contributed by atoms with van der Waals surface area (Å²) in [6.07, 6.45) is 0. The fraction of sp³-hybridized carbons (Fsp3) is 0.133. The van der Waals surface area contributed by atoms with Crippen molar-refractivity contribution in [1.82, 2.24) is 5.32 Å². The molecule has 7 heteroatoms. The van der Waals surface area contributed by atoms with E-state index in [9.17, 15) is 9.18 Å². The average Bonchev–Trinajstić information content (AvgIpc) is 2.52. The third kappa shape index (κ3) is 3.63. The lowest BCUT2D eigenvalue weighted by Gasteiger charge is -2.10. The molecule has 0 fully saturated rings. The first-order chi connectivity index (χ1) is 10.5. The smallest absolute Gasteiger partial charge is 0.488 e. The molecule has 0 spiro atoms. The van der Waals surface area contributed by atoms with E-state index in [1.54, 1.807) is 12.1 Å². The quantitative estimate of drug-likeness (QED) is 0.701. The molecule has 2 aromatic rings. The van der Waals surface area contributed by atoms with Crippen LogP contribution in [0.1, 0.15) is 15.9 Å². The Bertz CT molecular complexity index is 661. The van der Waals surface area contributed by atoms with Crippen molar-refractivity contribution in [3.05, 3.63) is 59.4 Å². The summed E-state index contributed by atoms with van der Waals surface area (Å²) in [5.41, 5.74) is 0.950. The summed E-state index contributed by atoms with van der Waals surface area (Å²) in [5.74, 6) is -1.08. The highest BCUT2D eigenvalue weighted by Crippen LogP contribution is 2.20. The number of hydrogen-bond donors (Lipinski definition) is 3. The molecule has 0 aliphatic carbocycles. The van der Waals surface area contributed by atoms with Gasteiger partial charge in [-0.15, -0.1) is 0 Å². The molecule has 0 radical (unpaired) electrons. The molecular weight excluding hydrogens is 288 g/mol. The Balaban J connectivity index is 2.07. The van der Waals surface area contributed by atoms with Crippen molar-refractivity contribution >= 4 is 18.5 Å². The number of halogens is 1. The van der Waals surface area contributed by atoms with E-state index in [0.717, 1.165) is 5.56 Å². The van der Waals surface area contributed by atoms with Crippen LogP contribution in [0.25, 0.3) is 0 Å². The minimum atomic E-state index is -1.54. The van der Waals surface area contributed by atoms with E-state index in [4.69, 9.17) is 14.8 Å². The molecule has 0 heterocycles. The van der Waals surface area contributed by atoms with Crippen LogP contribution >= 0.6 is 0 Å². The predicted molar refractivity (Wildman–Crippen MR) is 80.4 cm³/mol. The zero-order chi connectivity index (χ0) is 16.1. The van der Waals surface area contributed by atoms with Crippen LogP contribution in [-0.4, -0.2) is 30.2 Å². The van der Waals surface area contributed by atoms with Crippen molar-refractivity contribution in [2.24, 2.45) is 0 Å². The zero-order valence-electron chi connectivity index (χ0n) is 11.9. The largest absolute Gasteiger partial charge is 0.496 e. The summed E-state index contributed by atoms with van der Waals surface area (Å²) in [6, 6.07) is 10.5. The molecule has 22 heavy (non-hydrogen) atoms. The maximum Gasteiger partial charge on any atom is 0.488 e. The first kappa shape index (κ1) is 16.0. The molecule has 0 saturated heterocycles. The van der Waals surface area contributed by atoms with Crippen molar-refractivity contribution in [1.29, 1.82) is 0 Å². The molecule has 1 amide bonds. The van der Waals surface area contributed by atoms with E-state index < -0.39 is 18.8 Å². The number of benzene rings is 2. The SMILES string of the molecule is COc1cccc(F)c1C(=O)NCc1ccc(B(O)O)cc1. The van der Waals surface area contributed by atoms with Gasteiger partial charge >= 0.3 is 7.12 Å². The molecule has 5 nitrogen and oxygen atoms in total. The highest BCUT2D eigenvalue weighted by molar-refractivity contribution is 6.58. The molecule has 2 aromatic carbocycles.